The van der Waals surface area contributed by atoms with Crippen molar-refractivity contribution < 1.29 is 19.2 Å². The first-order valence-corrected chi connectivity index (χ1v) is 10.1. The standard InChI is InChI=1S/C23H29N3O3/c1-16-12-17(2)14-26(13-16)15-22(27)24-19-6-4-18(5-7-19)23(28)25-20-8-10-21(29-3)11-9-20/h4-11,16-17H,12-15H2,1-3H3,(H,24,27)(H,25,28)/p+1/t16-,17+. The van der Waals surface area contributed by atoms with Crippen molar-refractivity contribution in [3.8, 4) is 5.75 Å². The maximum absolute atomic E-state index is 12.4. The Morgan fingerprint density at radius 2 is 1.48 bits per heavy atom. The Balaban J connectivity index is 1.52. The van der Waals surface area contributed by atoms with Gasteiger partial charge in [-0.2, -0.15) is 0 Å². The third-order valence-electron chi connectivity index (χ3n) is 5.27. The zero-order valence-corrected chi connectivity index (χ0v) is 17.3. The van der Waals surface area contributed by atoms with E-state index in [4.69, 9.17) is 4.74 Å². The van der Waals surface area contributed by atoms with Crippen molar-refractivity contribution in [2.24, 2.45) is 11.8 Å². The van der Waals surface area contributed by atoms with E-state index in [1.54, 1.807) is 55.6 Å². The zero-order valence-electron chi connectivity index (χ0n) is 17.3. The third kappa shape index (κ3) is 6.06. The molecule has 1 aliphatic heterocycles. The Labute approximate surface area is 172 Å². The van der Waals surface area contributed by atoms with Crippen molar-refractivity contribution in [3.63, 3.8) is 0 Å². The lowest BCUT2D eigenvalue weighted by molar-refractivity contribution is -0.904. The van der Waals surface area contributed by atoms with Gasteiger partial charge in [-0.05, 0) is 55.0 Å². The van der Waals surface area contributed by atoms with E-state index in [1.807, 2.05) is 0 Å². The predicted octanol–water partition coefficient (Wildman–Crippen LogP) is 2.45. The molecule has 6 heteroatoms. The summed E-state index contributed by atoms with van der Waals surface area (Å²) < 4.78 is 5.11. The molecule has 6 nitrogen and oxygen atoms in total. The molecule has 2 aromatic rings. The van der Waals surface area contributed by atoms with Crippen LogP contribution in [0.25, 0.3) is 0 Å². The number of likely N-dealkylation sites (tertiary alicyclic amines) is 1. The molecule has 0 aromatic heterocycles. The highest BCUT2D eigenvalue weighted by molar-refractivity contribution is 6.04. The first kappa shape index (κ1) is 20.9. The SMILES string of the molecule is COc1ccc(NC(=O)c2ccc(NC(=O)C[NH+]3C[C@H](C)C[C@H](C)C3)cc2)cc1. The quantitative estimate of drug-likeness (QED) is 0.702. The first-order chi connectivity index (χ1) is 13.9. The second-order valence-corrected chi connectivity index (χ2v) is 8.09. The second-order valence-electron chi connectivity index (χ2n) is 8.09. The number of amides is 2. The Hall–Kier alpha value is -2.86. The molecule has 3 rings (SSSR count). The average molecular weight is 397 g/mol. The summed E-state index contributed by atoms with van der Waals surface area (Å²) in [6, 6.07) is 14.1. The van der Waals surface area contributed by atoms with Crippen molar-refractivity contribution in [3.05, 3.63) is 54.1 Å². The van der Waals surface area contributed by atoms with E-state index >= 15 is 0 Å². The fourth-order valence-electron chi connectivity index (χ4n) is 4.08. The number of rotatable bonds is 6. The summed E-state index contributed by atoms with van der Waals surface area (Å²) >= 11 is 0. The van der Waals surface area contributed by atoms with Gasteiger partial charge in [-0.25, -0.2) is 0 Å². The molecule has 3 N–H and O–H groups in total. The number of carbonyl (C=O) groups excluding carboxylic acids is 2. The fourth-order valence-corrected chi connectivity index (χ4v) is 4.08. The number of ether oxygens (including phenoxy) is 1. The summed E-state index contributed by atoms with van der Waals surface area (Å²) in [6.07, 6.45) is 1.24. The molecule has 0 saturated carbocycles. The molecule has 1 saturated heterocycles. The van der Waals surface area contributed by atoms with Crippen LogP contribution in [0.5, 0.6) is 5.75 Å². The van der Waals surface area contributed by atoms with Crippen molar-refractivity contribution in [1.82, 2.24) is 0 Å². The summed E-state index contributed by atoms with van der Waals surface area (Å²) in [7, 11) is 1.60. The van der Waals surface area contributed by atoms with Crippen molar-refractivity contribution in [2.45, 2.75) is 20.3 Å². The number of piperidine rings is 1. The molecule has 1 fully saturated rings. The molecule has 0 radical (unpaired) electrons. The van der Waals surface area contributed by atoms with Crippen LogP contribution in [0.3, 0.4) is 0 Å². The number of methoxy groups -OCH3 is 1. The molecular weight excluding hydrogens is 366 g/mol. The van der Waals surface area contributed by atoms with Crippen LogP contribution in [0, 0.1) is 11.8 Å². The van der Waals surface area contributed by atoms with Crippen molar-refractivity contribution >= 4 is 23.2 Å². The monoisotopic (exact) mass is 396 g/mol. The van der Waals surface area contributed by atoms with Crippen LogP contribution >= 0.6 is 0 Å². The summed E-state index contributed by atoms with van der Waals surface area (Å²) in [5.74, 6) is 1.86. The van der Waals surface area contributed by atoms with Gasteiger partial charge in [0, 0.05) is 28.8 Å². The highest BCUT2D eigenvalue weighted by atomic mass is 16.5. The number of benzene rings is 2. The van der Waals surface area contributed by atoms with Gasteiger partial charge in [-0.3, -0.25) is 9.59 Å². The number of hydrogen-bond donors (Lipinski definition) is 3. The summed E-state index contributed by atoms with van der Waals surface area (Å²) in [6.45, 7) is 7.07. The van der Waals surface area contributed by atoms with Gasteiger partial charge in [0.1, 0.15) is 5.75 Å². The first-order valence-electron chi connectivity index (χ1n) is 10.1. The normalized spacial score (nSPS) is 21.3. The maximum Gasteiger partial charge on any atom is 0.279 e. The zero-order chi connectivity index (χ0) is 20.8. The lowest BCUT2D eigenvalue weighted by atomic mass is 9.92. The van der Waals surface area contributed by atoms with Crippen LogP contribution in [0.1, 0.15) is 30.6 Å². The molecule has 1 heterocycles. The van der Waals surface area contributed by atoms with E-state index in [1.165, 1.54) is 11.3 Å². The summed E-state index contributed by atoms with van der Waals surface area (Å²) in [4.78, 5) is 26.1. The van der Waals surface area contributed by atoms with Gasteiger partial charge < -0.3 is 20.3 Å². The summed E-state index contributed by atoms with van der Waals surface area (Å²) in [5, 5.41) is 5.79. The van der Waals surface area contributed by atoms with Gasteiger partial charge in [0.2, 0.25) is 0 Å². The molecule has 1 unspecified atom stereocenters. The molecular formula is C23H30N3O3+. The van der Waals surface area contributed by atoms with E-state index in [9.17, 15) is 9.59 Å². The highest BCUT2D eigenvalue weighted by Gasteiger charge is 2.26. The Kier molecular flexibility index (Phi) is 6.88. The number of nitrogens with one attached hydrogen (secondary N) is 3. The average Bonchev–Trinajstić information content (AvgIpc) is 2.68. The Bertz CT molecular complexity index is 823. The fraction of sp³-hybridized carbons (Fsp3) is 0.391. The molecule has 0 spiro atoms. The molecule has 29 heavy (non-hydrogen) atoms. The van der Waals surface area contributed by atoms with E-state index in [-0.39, 0.29) is 11.8 Å². The lowest BCUT2D eigenvalue weighted by Crippen LogP contribution is -3.15. The van der Waals surface area contributed by atoms with E-state index in [0.29, 0.717) is 35.3 Å². The van der Waals surface area contributed by atoms with E-state index in [0.717, 1.165) is 18.8 Å². The van der Waals surface area contributed by atoms with Gasteiger partial charge in [0.05, 0.1) is 20.2 Å². The molecule has 2 aromatic carbocycles. The summed E-state index contributed by atoms with van der Waals surface area (Å²) in [5.41, 5.74) is 1.93. The molecule has 0 aliphatic carbocycles. The molecule has 154 valence electrons. The highest BCUT2D eigenvalue weighted by Crippen LogP contribution is 2.17. The van der Waals surface area contributed by atoms with Gasteiger partial charge >= 0.3 is 0 Å². The van der Waals surface area contributed by atoms with Gasteiger partial charge in [0.25, 0.3) is 11.8 Å². The molecule has 2 amide bonds. The largest absolute Gasteiger partial charge is 0.497 e. The van der Waals surface area contributed by atoms with E-state index in [2.05, 4.69) is 24.5 Å². The van der Waals surface area contributed by atoms with Crippen molar-refractivity contribution in [1.29, 1.82) is 0 Å². The predicted molar refractivity (Wildman–Crippen MR) is 115 cm³/mol. The van der Waals surface area contributed by atoms with Crippen LogP contribution in [0.2, 0.25) is 0 Å². The van der Waals surface area contributed by atoms with Crippen LogP contribution in [0.15, 0.2) is 48.5 Å². The van der Waals surface area contributed by atoms with Gasteiger partial charge in [-0.1, -0.05) is 13.8 Å². The smallest absolute Gasteiger partial charge is 0.279 e. The minimum Gasteiger partial charge on any atom is -0.497 e. The number of anilines is 2. The van der Waals surface area contributed by atoms with Gasteiger partial charge in [0.15, 0.2) is 6.54 Å². The maximum atomic E-state index is 12.4. The van der Waals surface area contributed by atoms with Crippen LogP contribution in [-0.2, 0) is 4.79 Å². The number of quaternary nitrogens is 1. The molecule has 3 atom stereocenters. The Morgan fingerprint density at radius 3 is 2.07 bits per heavy atom. The topological polar surface area (TPSA) is 71.9 Å². The molecule has 0 bridgehead atoms. The van der Waals surface area contributed by atoms with Crippen LogP contribution in [0.4, 0.5) is 11.4 Å². The second kappa shape index (κ2) is 9.56. The minimum atomic E-state index is -0.200. The molecule has 1 aliphatic rings. The van der Waals surface area contributed by atoms with Crippen molar-refractivity contribution in [2.75, 3.05) is 37.4 Å². The Morgan fingerprint density at radius 1 is 0.931 bits per heavy atom. The van der Waals surface area contributed by atoms with Crippen LogP contribution in [-0.4, -0.2) is 38.6 Å². The van der Waals surface area contributed by atoms with Gasteiger partial charge in [-0.15, -0.1) is 0 Å². The van der Waals surface area contributed by atoms with E-state index < -0.39 is 0 Å². The number of carbonyl (C=O) groups is 2. The minimum absolute atomic E-state index is 0.0109. The third-order valence-corrected chi connectivity index (χ3v) is 5.27. The lowest BCUT2D eigenvalue weighted by Gasteiger charge is -2.31. The number of hydrogen-bond acceptors (Lipinski definition) is 3. The van der Waals surface area contributed by atoms with Crippen LogP contribution < -0.4 is 20.3 Å².